The zero-order chi connectivity index (χ0) is 22.7. The van der Waals surface area contributed by atoms with Crippen LogP contribution in [0.15, 0.2) is 88.8 Å². The average molecular weight is 464 g/mol. The molecule has 4 aromatic rings. The highest BCUT2D eigenvalue weighted by atomic mass is 35.5. The molecule has 0 bridgehead atoms. The number of carbonyl (C=O) groups is 1. The van der Waals surface area contributed by atoms with Gasteiger partial charge in [-0.1, -0.05) is 78.0 Å². The van der Waals surface area contributed by atoms with Crippen LogP contribution >= 0.6 is 23.4 Å². The Balaban J connectivity index is 1.70. The first-order chi connectivity index (χ1) is 15.5. The first-order valence-corrected chi connectivity index (χ1v) is 11.4. The number of para-hydroxylation sites is 2. The van der Waals surface area contributed by atoms with Crippen molar-refractivity contribution in [2.75, 3.05) is 7.05 Å². The Morgan fingerprint density at radius 2 is 1.69 bits per heavy atom. The maximum Gasteiger partial charge on any atom is 0.266 e. The van der Waals surface area contributed by atoms with Gasteiger partial charge in [0.15, 0.2) is 5.16 Å². The number of nitrogens with zero attached hydrogens (tertiary/aromatic N) is 3. The van der Waals surface area contributed by atoms with E-state index in [0.29, 0.717) is 33.3 Å². The molecule has 1 amide bonds. The third kappa shape index (κ3) is 4.56. The van der Waals surface area contributed by atoms with Gasteiger partial charge in [-0.05, 0) is 36.8 Å². The number of fused-ring (bicyclic) bond motifs is 1. The van der Waals surface area contributed by atoms with E-state index < -0.39 is 5.25 Å². The topological polar surface area (TPSA) is 55.2 Å². The molecular formula is C25H22ClN3O2S. The molecule has 0 spiro atoms. The highest BCUT2D eigenvalue weighted by Crippen LogP contribution is 2.28. The largest absolute Gasteiger partial charge is 0.340 e. The summed E-state index contributed by atoms with van der Waals surface area (Å²) in [6.45, 7) is 2.33. The van der Waals surface area contributed by atoms with Crippen LogP contribution in [0.5, 0.6) is 0 Å². The smallest absolute Gasteiger partial charge is 0.266 e. The molecule has 0 aliphatic heterocycles. The number of benzene rings is 3. The van der Waals surface area contributed by atoms with E-state index >= 15 is 0 Å². The van der Waals surface area contributed by atoms with Gasteiger partial charge in [0.2, 0.25) is 5.91 Å². The molecular weight excluding hydrogens is 442 g/mol. The zero-order valence-electron chi connectivity index (χ0n) is 17.7. The molecule has 1 atom stereocenters. The van der Waals surface area contributed by atoms with E-state index in [4.69, 9.17) is 16.6 Å². The van der Waals surface area contributed by atoms with E-state index in [1.807, 2.05) is 55.5 Å². The van der Waals surface area contributed by atoms with Gasteiger partial charge in [-0.3, -0.25) is 14.2 Å². The lowest BCUT2D eigenvalue weighted by Gasteiger charge is -2.22. The molecule has 1 aromatic heterocycles. The van der Waals surface area contributed by atoms with Gasteiger partial charge in [-0.15, -0.1) is 0 Å². The first-order valence-electron chi connectivity index (χ1n) is 10.2. The molecule has 1 heterocycles. The van der Waals surface area contributed by atoms with Crippen LogP contribution < -0.4 is 5.56 Å². The molecule has 0 N–H and O–H groups in total. The molecule has 3 aromatic carbocycles. The summed E-state index contributed by atoms with van der Waals surface area (Å²) in [5, 5.41) is 0.909. The summed E-state index contributed by atoms with van der Waals surface area (Å²) in [5.41, 5.74) is 1.96. The molecule has 5 nitrogen and oxygen atoms in total. The van der Waals surface area contributed by atoms with Crippen LogP contribution in [0.3, 0.4) is 0 Å². The van der Waals surface area contributed by atoms with Crippen LogP contribution in [0.25, 0.3) is 16.6 Å². The summed E-state index contributed by atoms with van der Waals surface area (Å²) in [4.78, 5) is 32.9. The molecule has 0 radical (unpaired) electrons. The Morgan fingerprint density at radius 1 is 1.03 bits per heavy atom. The predicted octanol–water partition coefficient (Wildman–Crippen LogP) is 5.18. The normalized spacial score (nSPS) is 12.0. The minimum Gasteiger partial charge on any atom is -0.340 e. The molecule has 4 rings (SSSR count). The Kier molecular flexibility index (Phi) is 6.63. The molecule has 7 heteroatoms. The van der Waals surface area contributed by atoms with Gasteiger partial charge >= 0.3 is 0 Å². The Hall–Kier alpha value is -3.09. The Labute approximate surface area is 195 Å². The lowest BCUT2D eigenvalue weighted by molar-refractivity contribution is -0.129. The van der Waals surface area contributed by atoms with E-state index in [1.165, 1.54) is 16.3 Å². The predicted molar refractivity (Wildman–Crippen MR) is 131 cm³/mol. The maximum atomic E-state index is 13.4. The number of amides is 1. The van der Waals surface area contributed by atoms with E-state index in [9.17, 15) is 9.59 Å². The fraction of sp³-hybridized carbons (Fsp3) is 0.160. The molecule has 0 aliphatic rings. The molecule has 0 fully saturated rings. The summed E-state index contributed by atoms with van der Waals surface area (Å²) in [6, 6.07) is 24.1. The van der Waals surface area contributed by atoms with Crippen molar-refractivity contribution < 1.29 is 4.79 Å². The van der Waals surface area contributed by atoms with Crippen molar-refractivity contribution in [2.24, 2.45) is 0 Å². The molecule has 162 valence electrons. The Bertz CT molecular complexity index is 1320. The number of thioether (sulfide) groups is 1. The fourth-order valence-corrected chi connectivity index (χ4v) is 4.75. The zero-order valence-corrected chi connectivity index (χ0v) is 19.3. The second-order valence-corrected chi connectivity index (χ2v) is 9.16. The summed E-state index contributed by atoms with van der Waals surface area (Å²) in [7, 11) is 1.78. The molecule has 32 heavy (non-hydrogen) atoms. The average Bonchev–Trinajstić information content (AvgIpc) is 2.80. The minimum atomic E-state index is -0.453. The minimum absolute atomic E-state index is 0.0491. The third-order valence-corrected chi connectivity index (χ3v) is 6.47. The quantitative estimate of drug-likeness (QED) is 0.292. The summed E-state index contributed by atoms with van der Waals surface area (Å²) in [6.07, 6.45) is 0. The van der Waals surface area contributed by atoms with Crippen LogP contribution in [-0.4, -0.2) is 32.7 Å². The SMILES string of the molecule is CC(Sc1nc2ccccc2c(=O)n1-c1ccccc1Cl)C(=O)N(C)Cc1ccccc1. The summed E-state index contributed by atoms with van der Waals surface area (Å²) >= 11 is 7.67. The number of carbonyl (C=O) groups excluding carboxylic acids is 1. The van der Waals surface area contributed by atoms with Crippen LogP contribution in [0.1, 0.15) is 12.5 Å². The lowest BCUT2D eigenvalue weighted by Crippen LogP contribution is -2.33. The molecule has 0 aliphatic carbocycles. The monoisotopic (exact) mass is 463 g/mol. The molecule has 0 saturated carbocycles. The van der Waals surface area contributed by atoms with Crippen molar-refractivity contribution in [1.82, 2.24) is 14.5 Å². The van der Waals surface area contributed by atoms with Crippen molar-refractivity contribution >= 4 is 40.2 Å². The fourth-order valence-electron chi connectivity index (χ4n) is 3.49. The lowest BCUT2D eigenvalue weighted by atomic mass is 10.2. The number of halogens is 1. The number of hydrogen-bond acceptors (Lipinski definition) is 4. The van der Waals surface area contributed by atoms with Crippen molar-refractivity contribution in [3.05, 3.63) is 99.8 Å². The second-order valence-electron chi connectivity index (χ2n) is 7.44. The standard InChI is InChI=1S/C25H22ClN3O2S/c1-17(23(30)28(2)16-18-10-4-3-5-11-18)32-25-27-21-14-8-6-12-19(21)24(31)29(25)22-15-9-7-13-20(22)26/h3-15,17H,16H2,1-2H3. The molecule has 0 saturated heterocycles. The van der Waals surface area contributed by atoms with E-state index in [2.05, 4.69) is 0 Å². The Morgan fingerprint density at radius 3 is 2.44 bits per heavy atom. The van der Waals surface area contributed by atoms with Gasteiger partial charge < -0.3 is 4.90 Å². The van der Waals surface area contributed by atoms with Crippen molar-refractivity contribution in [2.45, 2.75) is 23.9 Å². The second kappa shape index (κ2) is 9.59. The van der Waals surface area contributed by atoms with Gasteiger partial charge in [0.05, 0.1) is 26.9 Å². The first kappa shape index (κ1) is 22.1. The van der Waals surface area contributed by atoms with Crippen LogP contribution in [0, 0.1) is 0 Å². The summed E-state index contributed by atoms with van der Waals surface area (Å²) in [5.74, 6) is -0.0491. The number of rotatable bonds is 6. The van der Waals surface area contributed by atoms with Crippen LogP contribution in [-0.2, 0) is 11.3 Å². The maximum absolute atomic E-state index is 13.4. The van der Waals surface area contributed by atoms with Crippen molar-refractivity contribution in [3.8, 4) is 5.69 Å². The van der Waals surface area contributed by atoms with E-state index in [1.54, 1.807) is 42.3 Å². The van der Waals surface area contributed by atoms with Crippen molar-refractivity contribution in [1.29, 1.82) is 0 Å². The van der Waals surface area contributed by atoms with Gasteiger partial charge in [0, 0.05) is 13.6 Å². The van der Waals surface area contributed by atoms with Gasteiger partial charge in [-0.25, -0.2) is 4.98 Å². The van der Waals surface area contributed by atoms with Crippen LogP contribution in [0.4, 0.5) is 0 Å². The van der Waals surface area contributed by atoms with Gasteiger partial charge in [0.25, 0.3) is 5.56 Å². The van der Waals surface area contributed by atoms with Gasteiger partial charge in [-0.2, -0.15) is 0 Å². The van der Waals surface area contributed by atoms with Gasteiger partial charge in [0.1, 0.15) is 0 Å². The number of aromatic nitrogens is 2. The molecule has 1 unspecified atom stereocenters. The van der Waals surface area contributed by atoms with Crippen molar-refractivity contribution in [3.63, 3.8) is 0 Å². The van der Waals surface area contributed by atoms with Crippen LogP contribution in [0.2, 0.25) is 5.02 Å². The third-order valence-electron chi connectivity index (χ3n) is 5.11. The highest BCUT2D eigenvalue weighted by Gasteiger charge is 2.23. The number of hydrogen-bond donors (Lipinski definition) is 0. The van der Waals surface area contributed by atoms with E-state index in [0.717, 1.165) is 5.56 Å². The van der Waals surface area contributed by atoms with E-state index in [-0.39, 0.29) is 11.5 Å². The summed E-state index contributed by atoms with van der Waals surface area (Å²) < 4.78 is 1.50. The highest BCUT2D eigenvalue weighted by molar-refractivity contribution is 8.00.